The van der Waals surface area contributed by atoms with Crippen molar-refractivity contribution in [2.45, 2.75) is 32.4 Å². The third-order valence-electron chi connectivity index (χ3n) is 4.17. The molecule has 7 nitrogen and oxygen atoms in total. The van der Waals surface area contributed by atoms with E-state index in [4.69, 9.17) is 16.3 Å². The number of piperazine rings is 1. The van der Waals surface area contributed by atoms with E-state index in [1.165, 1.54) is 15.9 Å². The average Bonchev–Trinajstić information content (AvgIpc) is 2.52. The first-order chi connectivity index (χ1) is 11.6. The molecule has 1 atom stereocenters. The number of hydrogen-bond acceptors (Lipinski definition) is 5. The zero-order chi connectivity index (χ0) is 18.5. The average molecular weight is 371 g/mol. The van der Waals surface area contributed by atoms with Gasteiger partial charge in [-0.05, 0) is 26.8 Å². The van der Waals surface area contributed by atoms with Crippen LogP contribution in [0.2, 0.25) is 5.02 Å². The number of hydrogen-bond donors (Lipinski definition) is 0. The Morgan fingerprint density at radius 3 is 2.72 bits per heavy atom. The second-order valence-corrected chi connectivity index (χ2v) is 7.54. The van der Waals surface area contributed by atoms with Gasteiger partial charge in [0, 0.05) is 20.1 Å². The first kappa shape index (κ1) is 17.7. The van der Waals surface area contributed by atoms with Gasteiger partial charge in [-0.1, -0.05) is 11.6 Å². The molecule has 136 valence electrons. The lowest BCUT2D eigenvalue weighted by Gasteiger charge is -2.46. The summed E-state index contributed by atoms with van der Waals surface area (Å²) in [6.45, 7) is 6.22. The maximum absolute atomic E-state index is 13.8. The van der Waals surface area contributed by atoms with Gasteiger partial charge in [0.2, 0.25) is 5.95 Å². The summed E-state index contributed by atoms with van der Waals surface area (Å²) in [7, 11) is 1.58. The SMILES string of the molecule is CN1C(=O)C2CN(C(=O)OC(C)(C)C)CCN2c2nc(F)c(Cl)cc21. The van der Waals surface area contributed by atoms with Gasteiger partial charge >= 0.3 is 6.09 Å². The fourth-order valence-corrected chi connectivity index (χ4v) is 3.13. The second kappa shape index (κ2) is 6.01. The number of carbonyl (C=O) groups is 2. The Labute approximate surface area is 150 Å². The van der Waals surface area contributed by atoms with Crippen LogP contribution in [0.3, 0.4) is 0 Å². The second-order valence-electron chi connectivity index (χ2n) is 7.14. The molecule has 9 heteroatoms. The first-order valence-corrected chi connectivity index (χ1v) is 8.34. The molecule has 0 bridgehead atoms. The number of pyridine rings is 1. The van der Waals surface area contributed by atoms with Crippen LogP contribution in [0.1, 0.15) is 20.8 Å². The highest BCUT2D eigenvalue weighted by atomic mass is 35.5. The zero-order valence-corrected chi connectivity index (χ0v) is 15.3. The van der Waals surface area contributed by atoms with Crippen molar-refractivity contribution in [1.29, 1.82) is 0 Å². The monoisotopic (exact) mass is 370 g/mol. The summed E-state index contributed by atoms with van der Waals surface area (Å²) in [5, 5.41) is -0.135. The topological polar surface area (TPSA) is 66.0 Å². The number of nitrogens with zero attached hydrogens (tertiary/aromatic N) is 4. The van der Waals surface area contributed by atoms with Crippen molar-refractivity contribution in [3.8, 4) is 0 Å². The number of fused-ring (bicyclic) bond motifs is 3. The number of halogens is 2. The van der Waals surface area contributed by atoms with Crippen molar-refractivity contribution in [3.63, 3.8) is 0 Å². The number of likely N-dealkylation sites (N-methyl/N-ethyl adjacent to an activating group) is 1. The quantitative estimate of drug-likeness (QED) is 0.655. The normalized spacial score (nSPS) is 20.3. The van der Waals surface area contributed by atoms with Crippen molar-refractivity contribution in [1.82, 2.24) is 9.88 Å². The summed E-state index contributed by atoms with van der Waals surface area (Å²) in [5.74, 6) is -0.625. The van der Waals surface area contributed by atoms with Crippen molar-refractivity contribution >= 4 is 35.1 Å². The van der Waals surface area contributed by atoms with Crippen molar-refractivity contribution in [2.24, 2.45) is 0 Å². The van der Waals surface area contributed by atoms with Crippen LogP contribution in [0.5, 0.6) is 0 Å². The van der Waals surface area contributed by atoms with Gasteiger partial charge in [-0.3, -0.25) is 4.79 Å². The highest BCUT2D eigenvalue weighted by molar-refractivity contribution is 6.31. The maximum atomic E-state index is 13.8. The largest absolute Gasteiger partial charge is 0.444 e. The van der Waals surface area contributed by atoms with E-state index in [1.54, 1.807) is 32.7 Å². The first-order valence-electron chi connectivity index (χ1n) is 7.96. The Bertz CT molecular complexity index is 737. The summed E-state index contributed by atoms with van der Waals surface area (Å²) in [5.41, 5.74) is -0.159. The van der Waals surface area contributed by atoms with E-state index in [9.17, 15) is 14.0 Å². The lowest BCUT2D eigenvalue weighted by molar-refractivity contribution is -0.120. The van der Waals surface area contributed by atoms with E-state index < -0.39 is 23.7 Å². The van der Waals surface area contributed by atoms with Crippen molar-refractivity contribution in [3.05, 3.63) is 17.0 Å². The minimum Gasteiger partial charge on any atom is -0.444 e. The molecule has 0 N–H and O–H groups in total. The molecule has 0 spiro atoms. The maximum Gasteiger partial charge on any atom is 0.410 e. The molecule has 3 rings (SSSR count). The molecule has 1 saturated heterocycles. The van der Waals surface area contributed by atoms with E-state index in [0.29, 0.717) is 24.6 Å². The number of anilines is 2. The molecule has 0 radical (unpaired) electrons. The van der Waals surface area contributed by atoms with E-state index in [1.807, 2.05) is 0 Å². The third kappa shape index (κ3) is 3.22. The summed E-state index contributed by atoms with van der Waals surface area (Å²) in [6.07, 6.45) is -0.469. The molecule has 1 aromatic heterocycles. The molecule has 0 aliphatic carbocycles. The standard InChI is InChI=1S/C16H20ClFN4O3/c1-16(2,3)25-15(24)21-5-6-22-11(8-21)14(23)20(4)10-7-9(17)12(18)19-13(10)22/h7,11H,5-6,8H2,1-4H3. The molecule has 1 unspecified atom stereocenters. The van der Waals surface area contributed by atoms with Crippen LogP contribution >= 0.6 is 11.6 Å². The highest BCUT2D eigenvalue weighted by Gasteiger charge is 2.43. The summed E-state index contributed by atoms with van der Waals surface area (Å²) >= 11 is 5.80. The molecule has 2 amide bonds. The molecule has 0 saturated carbocycles. The zero-order valence-electron chi connectivity index (χ0n) is 14.5. The fraction of sp³-hybridized carbons (Fsp3) is 0.562. The number of ether oxygens (including phenoxy) is 1. The molecular weight excluding hydrogens is 351 g/mol. The van der Waals surface area contributed by atoms with Crippen LogP contribution in [0.4, 0.5) is 20.7 Å². The smallest absolute Gasteiger partial charge is 0.410 e. The molecule has 0 aromatic carbocycles. The minimum atomic E-state index is -0.781. The Kier molecular flexibility index (Phi) is 4.26. The lowest BCUT2D eigenvalue weighted by atomic mass is 10.1. The predicted octanol–water partition coefficient (Wildman–Crippen LogP) is 2.28. The Morgan fingerprint density at radius 1 is 1.40 bits per heavy atom. The predicted molar refractivity (Wildman–Crippen MR) is 91.6 cm³/mol. The van der Waals surface area contributed by atoms with Gasteiger partial charge < -0.3 is 19.4 Å². The highest BCUT2D eigenvalue weighted by Crippen LogP contribution is 2.37. The van der Waals surface area contributed by atoms with Crippen LogP contribution in [-0.2, 0) is 9.53 Å². The van der Waals surface area contributed by atoms with Gasteiger partial charge in [-0.15, -0.1) is 0 Å². The Hall–Kier alpha value is -2.09. The van der Waals surface area contributed by atoms with Gasteiger partial charge in [0.25, 0.3) is 5.91 Å². The Morgan fingerprint density at radius 2 is 2.08 bits per heavy atom. The van der Waals surface area contributed by atoms with Gasteiger partial charge in [-0.2, -0.15) is 9.37 Å². The molecule has 2 aliphatic heterocycles. The van der Waals surface area contributed by atoms with Gasteiger partial charge in [0.15, 0.2) is 5.82 Å². The molecule has 25 heavy (non-hydrogen) atoms. The van der Waals surface area contributed by atoms with E-state index in [-0.39, 0.29) is 17.5 Å². The number of carbonyl (C=O) groups excluding carboxylic acids is 2. The minimum absolute atomic E-state index is 0.135. The van der Waals surface area contributed by atoms with Crippen LogP contribution in [-0.4, -0.2) is 60.2 Å². The summed E-state index contributed by atoms with van der Waals surface area (Å²) in [6, 6.07) is 0.764. The summed E-state index contributed by atoms with van der Waals surface area (Å²) < 4.78 is 19.2. The van der Waals surface area contributed by atoms with E-state index in [2.05, 4.69) is 4.98 Å². The summed E-state index contributed by atoms with van der Waals surface area (Å²) in [4.78, 5) is 33.5. The number of rotatable bonds is 0. The third-order valence-corrected chi connectivity index (χ3v) is 4.44. The van der Waals surface area contributed by atoms with Crippen molar-refractivity contribution in [2.75, 3.05) is 36.5 Å². The van der Waals surface area contributed by atoms with Gasteiger partial charge in [-0.25, -0.2) is 4.79 Å². The van der Waals surface area contributed by atoms with E-state index >= 15 is 0 Å². The number of aromatic nitrogens is 1. The van der Waals surface area contributed by atoms with Crippen LogP contribution in [0.25, 0.3) is 0 Å². The Balaban J connectivity index is 1.88. The number of amides is 2. The van der Waals surface area contributed by atoms with Gasteiger partial charge in [0.1, 0.15) is 11.6 Å². The van der Waals surface area contributed by atoms with Crippen LogP contribution in [0, 0.1) is 5.95 Å². The lowest BCUT2D eigenvalue weighted by Crippen LogP contribution is -2.63. The van der Waals surface area contributed by atoms with Crippen LogP contribution in [0.15, 0.2) is 6.07 Å². The molecule has 2 aliphatic rings. The van der Waals surface area contributed by atoms with Crippen LogP contribution < -0.4 is 9.80 Å². The molecule has 3 heterocycles. The molecular formula is C16H20ClFN4O3. The van der Waals surface area contributed by atoms with Gasteiger partial charge in [0.05, 0.1) is 17.3 Å². The molecule has 1 aromatic rings. The molecule has 1 fully saturated rings. The van der Waals surface area contributed by atoms with Crippen molar-refractivity contribution < 1.29 is 18.7 Å². The fourth-order valence-electron chi connectivity index (χ4n) is 2.99. The van der Waals surface area contributed by atoms with E-state index in [0.717, 1.165) is 0 Å².